The highest BCUT2D eigenvalue weighted by atomic mass is 16.2. The van der Waals surface area contributed by atoms with Gasteiger partial charge in [-0.25, -0.2) is 0 Å². The topological polar surface area (TPSA) is 70.6 Å². The van der Waals surface area contributed by atoms with E-state index < -0.39 is 11.8 Å². The summed E-state index contributed by atoms with van der Waals surface area (Å²) in [6, 6.07) is 9.88. The molecular formula is C11H11N3O2. The number of hydrogen-bond acceptors (Lipinski definition) is 3. The lowest BCUT2D eigenvalue weighted by Gasteiger charge is -1.98. The Labute approximate surface area is 92.6 Å². The highest BCUT2D eigenvalue weighted by Gasteiger charge is 2.24. The Balaban J connectivity index is 1.87. The van der Waals surface area contributed by atoms with Crippen LogP contribution in [-0.4, -0.2) is 24.3 Å². The summed E-state index contributed by atoms with van der Waals surface area (Å²) in [7, 11) is 0. The van der Waals surface area contributed by atoms with Gasteiger partial charge in [0.2, 0.25) is 5.96 Å². The van der Waals surface area contributed by atoms with Crippen LogP contribution in [0, 0.1) is 0 Å². The summed E-state index contributed by atoms with van der Waals surface area (Å²) < 4.78 is 0. The smallest absolute Gasteiger partial charge is 0.288 e. The van der Waals surface area contributed by atoms with Crippen molar-refractivity contribution in [2.24, 2.45) is 4.99 Å². The first kappa shape index (κ1) is 10.4. The predicted molar refractivity (Wildman–Crippen MR) is 58.7 cm³/mol. The van der Waals surface area contributed by atoms with E-state index in [1.807, 2.05) is 30.3 Å². The molecule has 0 spiro atoms. The van der Waals surface area contributed by atoms with Crippen LogP contribution in [0.5, 0.6) is 0 Å². The third-order valence-electron chi connectivity index (χ3n) is 2.18. The Hall–Kier alpha value is -2.17. The van der Waals surface area contributed by atoms with E-state index in [1.54, 1.807) is 0 Å². The molecule has 5 heteroatoms. The average molecular weight is 217 g/mol. The van der Waals surface area contributed by atoms with Gasteiger partial charge in [-0.05, 0) is 12.0 Å². The van der Waals surface area contributed by atoms with Crippen LogP contribution in [-0.2, 0) is 16.0 Å². The van der Waals surface area contributed by atoms with Crippen molar-refractivity contribution in [1.82, 2.24) is 10.6 Å². The first-order valence-corrected chi connectivity index (χ1v) is 4.96. The van der Waals surface area contributed by atoms with Gasteiger partial charge in [-0.15, -0.1) is 0 Å². The SMILES string of the molecule is O=C1NC(=NCCc2ccccc2)NC1=O. The molecule has 2 amide bonds. The number of rotatable bonds is 3. The van der Waals surface area contributed by atoms with Crippen molar-refractivity contribution in [2.75, 3.05) is 6.54 Å². The summed E-state index contributed by atoms with van der Waals surface area (Å²) in [5.74, 6) is -1.07. The minimum absolute atomic E-state index is 0.242. The summed E-state index contributed by atoms with van der Waals surface area (Å²) in [5, 5.41) is 4.68. The van der Waals surface area contributed by atoms with Crippen molar-refractivity contribution < 1.29 is 9.59 Å². The van der Waals surface area contributed by atoms with Crippen molar-refractivity contribution >= 4 is 17.8 Å². The molecule has 5 nitrogen and oxygen atoms in total. The largest absolute Gasteiger partial charge is 0.316 e. The highest BCUT2D eigenvalue weighted by Crippen LogP contribution is 1.99. The molecule has 1 heterocycles. The quantitative estimate of drug-likeness (QED) is 0.690. The van der Waals surface area contributed by atoms with Gasteiger partial charge < -0.3 is 0 Å². The molecule has 1 fully saturated rings. The van der Waals surface area contributed by atoms with Crippen LogP contribution in [0.4, 0.5) is 0 Å². The number of aliphatic imine (C=N–C) groups is 1. The van der Waals surface area contributed by atoms with Gasteiger partial charge in [-0.2, -0.15) is 0 Å². The number of carbonyl (C=O) groups is 2. The Morgan fingerprint density at radius 3 is 2.25 bits per heavy atom. The normalized spacial score (nSPS) is 14.6. The molecule has 0 bridgehead atoms. The monoisotopic (exact) mass is 217 g/mol. The summed E-state index contributed by atoms with van der Waals surface area (Å²) in [5.41, 5.74) is 1.17. The minimum Gasteiger partial charge on any atom is -0.288 e. The van der Waals surface area contributed by atoms with E-state index in [-0.39, 0.29) is 5.96 Å². The van der Waals surface area contributed by atoms with Gasteiger partial charge in [0, 0.05) is 6.54 Å². The molecule has 0 saturated carbocycles. The zero-order chi connectivity index (χ0) is 11.4. The van der Waals surface area contributed by atoms with Gasteiger partial charge in [-0.1, -0.05) is 30.3 Å². The third kappa shape index (κ3) is 2.44. The molecule has 0 atom stereocenters. The second kappa shape index (κ2) is 4.57. The molecule has 16 heavy (non-hydrogen) atoms. The number of nitrogens with one attached hydrogen (secondary N) is 2. The maximum absolute atomic E-state index is 10.8. The molecule has 0 radical (unpaired) electrons. The van der Waals surface area contributed by atoms with E-state index in [0.29, 0.717) is 6.54 Å². The lowest BCUT2D eigenvalue weighted by Crippen LogP contribution is -2.26. The Morgan fingerprint density at radius 1 is 1.00 bits per heavy atom. The molecule has 1 aromatic rings. The molecule has 82 valence electrons. The predicted octanol–water partition coefficient (Wildman–Crippen LogP) is -0.169. The zero-order valence-electron chi connectivity index (χ0n) is 8.56. The number of benzene rings is 1. The molecule has 1 aliphatic rings. The van der Waals surface area contributed by atoms with E-state index in [1.165, 1.54) is 5.56 Å². The van der Waals surface area contributed by atoms with Crippen LogP contribution in [0.2, 0.25) is 0 Å². The molecule has 1 aliphatic heterocycles. The van der Waals surface area contributed by atoms with Crippen LogP contribution in [0.15, 0.2) is 35.3 Å². The number of nitrogens with zero attached hydrogens (tertiary/aromatic N) is 1. The van der Waals surface area contributed by atoms with Crippen LogP contribution in [0.25, 0.3) is 0 Å². The highest BCUT2D eigenvalue weighted by molar-refractivity contribution is 6.45. The molecular weight excluding hydrogens is 206 g/mol. The Morgan fingerprint density at radius 2 is 1.62 bits per heavy atom. The van der Waals surface area contributed by atoms with Gasteiger partial charge in [0.25, 0.3) is 0 Å². The average Bonchev–Trinajstić information content (AvgIpc) is 2.60. The number of carbonyl (C=O) groups excluding carboxylic acids is 2. The third-order valence-corrected chi connectivity index (χ3v) is 2.18. The fourth-order valence-corrected chi connectivity index (χ4v) is 1.38. The minimum atomic E-state index is -0.654. The fourth-order valence-electron chi connectivity index (χ4n) is 1.38. The van der Waals surface area contributed by atoms with Crippen molar-refractivity contribution in [3.05, 3.63) is 35.9 Å². The van der Waals surface area contributed by atoms with E-state index >= 15 is 0 Å². The van der Waals surface area contributed by atoms with Gasteiger partial charge in [0.15, 0.2) is 0 Å². The van der Waals surface area contributed by atoms with Crippen molar-refractivity contribution in [3.63, 3.8) is 0 Å². The lowest BCUT2D eigenvalue weighted by molar-refractivity contribution is -0.135. The van der Waals surface area contributed by atoms with Crippen LogP contribution in [0.1, 0.15) is 5.56 Å². The maximum atomic E-state index is 10.8. The van der Waals surface area contributed by atoms with Gasteiger partial charge in [0.05, 0.1) is 0 Å². The van der Waals surface area contributed by atoms with Gasteiger partial charge in [0.1, 0.15) is 0 Å². The van der Waals surface area contributed by atoms with E-state index in [4.69, 9.17) is 0 Å². The van der Waals surface area contributed by atoms with Crippen molar-refractivity contribution in [3.8, 4) is 0 Å². The Kier molecular flexibility index (Phi) is 2.95. The van der Waals surface area contributed by atoms with Gasteiger partial charge in [-0.3, -0.25) is 25.2 Å². The summed E-state index contributed by atoms with van der Waals surface area (Å²) in [6.45, 7) is 0.528. The van der Waals surface area contributed by atoms with Gasteiger partial charge >= 0.3 is 11.8 Å². The summed E-state index contributed by atoms with van der Waals surface area (Å²) in [6.07, 6.45) is 0.774. The van der Waals surface area contributed by atoms with Crippen molar-refractivity contribution in [1.29, 1.82) is 0 Å². The molecule has 1 saturated heterocycles. The van der Waals surface area contributed by atoms with E-state index in [9.17, 15) is 9.59 Å². The molecule has 2 rings (SSSR count). The number of guanidine groups is 1. The van der Waals surface area contributed by atoms with E-state index in [0.717, 1.165) is 6.42 Å². The van der Waals surface area contributed by atoms with E-state index in [2.05, 4.69) is 15.6 Å². The first-order chi connectivity index (χ1) is 7.75. The van der Waals surface area contributed by atoms with Crippen LogP contribution >= 0.6 is 0 Å². The first-order valence-electron chi connectivity index (χ1n) is 4.96. The second-order valence-electron chi connectivity index (χ2n) is 3.37. The van der Waals surface area contributed by atoms with Crippen molar-refractivity contribution in [2.45, 2.75) is 6.42 Å². The molecule has 0 aliphatic carbocycles. The summed E-state index contributed by atoms with van der Waals surface area (Å²) in [4.78, 5) is 25.7. The lowest BCUT2D eigenvalue weighted by atomic mass is 10.2. The fraction of sp³-hybridized carbons (Fsp3) is 0.182. The number of amides is 2. The standard InChI is InChI=1S/C11H11N3O2/c15-9-10(16)14-11(13-9)12-7-6-8-4-2-1-3-5-8/h1-5H,6-7H2,(H2,12,13,14,15,16). The van der Waals surface area contributed by atoms with Crippen LogP contribution in [0.3, 0.4) is 0 Å². The zero-order valence-corrected chi connectivity index (χ0v) is 8.56. The Bertz CT molecular complexity index is 422. The second-order valence-corrected chi connectivity index (χ2v) is 3.37. The molecule has 1 aromatic carbocycles. The number of hydrogen-bond donors (Lipinski definition) is 2. The molecule has 0 unspecified atom stereocenters. The summed E-state index contributed by atoms with van der Waals surface area (Å²) >= 11 is 0. The molecule has 2 N–H and O–H groups in total. The molecule has 0 aromatic heterocycles. The van der Waals surface area contributed by atoms with Crippen LogP contribution < -0.4 is 10.6 Å². The maximum Gasteiger partial charge on any atom is 0.316 e.